The van der Waals surface area contributed by atoms with Crippen LogP contribution in [-0.4, -0.2) is 31.0 Å². The van der Waals surface area contributed by atoms with Crippen LogP contribution < -0.4 is 20.1 Å². The average Bonchev–Trinajstić information content (AvgIpc) is 3.22. The number of carbonyl (C=O) groups is 2. The minimum Gasteiger partial charge on any atom is -0.497 e. The van der Waals surface area contributed by atoms with E-state index in [4.69, 9.17) is 9.47 Å². The summed E-state index contributed by atoms with van der Waals surface area (Å²) >= 11 is 1.17. The third-order valence-corrected chi connectivity index (χ3v) is 4.98. The van der Waals surface area contributed by atoms with Crippen LogP contribution in [0.4, 0.5) is 10.8 Å². The summed E-state index contributed by atoms with van der Waals surface area (Å²) in [6.07, 6.45) is 0.804. The Labute approximate surface area is 172 Å². The molecule has 2 aromatic carbocycles. The van der Waals surface area contributed by atoms with Crippen molar-refractivity contribution in [1.82, 2.24) is 4.98 Å². The highest BCUT2D eigenvalue weighted by atomic mass is 32.1. The molecular weight excluding hydrogens is 390 g/mol. The monoisotopic (exact) mass is 411 g/mol. The van der Waals surface area contributed by atoms with Crippen molar-refractivity contribution in [1.29, 1.82) is 0 Å². The van der Waals surface area contributed by atoms with Gasteiger partial charge in [0.15, 0.2) is 5.13 Å². The fraction of sp³-hybridized carbons (Fsp3) is 0.190. The molecule has 0 bridgehead atoms. The SMILES string of the molecule is CCc1ccccc1NC(=O)c1csc(NC(=O)c2cc(OC)cc(OC)c2)n1. The first kappa shape index (κ1) is 20.3. The second-order valence-electron chi connectivity index (χ2n) is 6.06. The van der Waals surface area contributed by atoms with Gasteiger partial charge in [-0.1, -0.05) is 25.1 Å². The Balaban J connectivity index is 1.71. The van der Waals surface area contributed by atoms with Crippen molar-refractivity contribution >= 4 is 34.0 Å². The van der Waals surface area contributed by atoms with Gasteiger partial charge in [0.2, 0.25) is 0 Å². The molecule has 0 fully saturated rings. The first-order chi connectivity index (χ1) is 14.0. The van der Waals surface area contributed by atoms with E-state index in [9.17, 15) is 9.59 Å². The number of aryl methyl sites for hydroxylation is 1. The molecule has 2 amide bonds. The lowest BCUT2D eigenvalue weighted by molar-refractivity contribution is 0.101. The normalized spacial score (nSPS) is 10.3. The molecule has 0 unspecified atom stereocenters. The Bertz CT molecular complexity index is 1010. The molecule has 1 aromatic heterocycles. The molecule has 0 aliphatic rings. The van der Waals surface area contributed by atoms with Gasteiger partial charge in [-0.15, -0.1) is 11.3 Å². The van der Waals surface area contributed by atoms with Crippen LogP contribution in [0.2, 0.25) is 0 Å². The van der Waals surface area contributed by atoms with Crippen LogP contribution in [-0.2, 0) is 6.42 Å². The average molecular weight is 411 g/mol. The van der Waals surface area contributed by atoms with Crippen molar-refractivity contribution in [3.05, 3.63) is 64.7 Å². The van der Waals surface area contributed by atoms with Gasteiger partial charge in [-0.05, 0) is 30.2 Å². The van der Waals surface area contributed by atoms with Gasteiger partial charge in [0.05, 0.1) is 14.2 Å². The molecule has 0 saturated heterocycles. The Kier molecular flexibility index (Phi) is 6.46. The number of rotatable bonds is 7. The predicted octanol–water partition coefficient (Wildman–Crippen LogP) is 4.23. The number of carbonyl (C=O) groups excluding carboxylic acids is 2. The molecular formula is C21H21N3O4S. The molecule has 1 heterocycles. The fourth-order valence-electron chi connectivity index (χ4n) is 2.68. The third kappa shape index (κ3) is 4.91. The van der Waals surface area contributed by atoms with E-state index < -0.39 is 0 Å². The summed E-state index contributed by atoms with van der Waals surface area (Å²) < 4.78 is 10.4. The van der Waals surface area contributed by atoms with E-state index in [2.05, 4.69) is 15.6 Å². The van der Waals surface area contributed by atoms with Crippen LogP contribution in [0.1, 0.15) is 33.3 Å². The van der Waals surface area contributed by atoms with E-state index in [-0.39, 0.29) is 17.5 Å². The topological polar surface area (TPSA) is 89.6 Å². The number of anilines is 2. The minimum atomic E-state index is -0.375. The number of nitrogens with zero attached hydrogens (tertiary/aromatic N) is 1. The molecule has 8 heteroatoms. The van der Waals surface area contributed by atoms with Gasteiger partial charge >= 0.3 is 0 Å². The largest absolute Gasteiger partial charge is 0.497 e. The van der Waals surface area contributed by atoms with Crippen molar-refractivity contribution in [2.24, 2.45) is 0 Å². The molecule has 0 aliphatic heterocycles. The fourth-order valence-corrected chi connectivity index (χ4v) is 3.37. The van der Waals surface area contributed by atoms with Crippen molar-refractivity contribution in [3.8, 4) is 11.5 Å². The third-order valence-electron chi connectivity index (χ3n) is 4.22. The molecule has 3 aromatic rings. The maximum Gasteiger partial charge on any atom is 0.275 e. The highest BCUT2D eigenvalue weighted by Gasteiger charge is 2.15. The number of para-hydroxylation sites is 1. The number of methoxy groups -OCH3 is 2. The summed E-state index contributed by atoms with van der Waals surface area (Å²) in [5, 5.41) is 7.49. The lowest BCUT2D eigenvalue weighted by Gasteiger charge is -2.08. The van der Waals surface area contributed by atoms with Gasteiger partial charge in [0.25, 0.3) is 11.8 Å². The zero-order valence-corrected chi connectivity index (χ0v) is 17.1. The molecule has 2 N–H and O–H groups in total. The lowest BCUT2D eigenvalue weighted by atomic mass is 10.1. The second kappa shape index (κ2) is 9.20. The van der Waals surface area contributed by atoms with Gasteiger partial charge in [-0.3, -0.25) is 14.9 Å². The summed E-state index contributed by atoms with van der Waals surface area (Å²) in [6, 6.07) is 12.5. The Hall–Kier alpha value is -3.39. The van der Waals surface area contributed by atoms with Gasteiger partial charge < -0.3 is 14.8 Å². The zero-order valence-electron chi connectivity index (χ0n) is 16.3. The predicted molar refractivity (Wildman–Crippen MR) is 113 cm³/mol. The van der Waals surface area contributed by atoms with E-state index in [0.717, 1.165) is 17.7 Å². The van der Waals surface area contributed by atoms with Gasteiger partial charge in [0, 0.05) is 22.7 Å². The van der Waals surface area contributed by atoms with Crippen LogP contribution in [0, 0.1) is 0 Å². The van der Waals surface area contributed by atoms with Crippen LogP contribution in [0.3, 0.4) is 0 Å². The number of benzene rings is 2. The first-order valence-corrected chi connectivity index (χ1v) is 9.81. The van der Waals surface area contributed by atoms with Crippen LogP contribution >= 0.6 is 11.3 Å². The van der Waals surface area contributed by atoms with Crippen LogP contribution in [0.15, 0.2) is 47.8 Å². The molecule has 150 valence electrons. The van der Waals surface area contributed by atoms with Crippen molar-refractivity contribution in [3.63, 3.8) is 0 Å². The maximum atomic E-state index is 12.5. The minimum absolute atomic E-state index is 0.236. The summed E-state index contributed by atoms with van der Waals surface area (Å²) in [5.41, 5.74) is 2.39. The van der Waals surface area contributed by atoms with Crippen LogP contribution in [0.5, 0.6) is 11.5 Å². The first-order valence-electron chi connectivity index (χ1n) is 8.93. The Morgan fingerprint density at radius 3 is 2.34 bits per heavy atom. The van der Waals surface area contributed by atoms with Crippen molar-refractivity contribution in [2.45, 2.75) is 13.3 Å². The maximum absolute atomic E-state index is 12.5. The molecule has 29 heavy (non-hydrogen) atoms. The van der Waals surface area contributed by atoms with E-state index in [1.54, 1.807) is 23.6 Å². The molecule has 7 nitrogen and oxygen atoms in total. The molecule has 0 aliphatic carbocycles. The summed E-state index contributed by atoms with van der Waals surface area (Å²) in [7, 11) is 3.03. The molecule has 0 radical (unpaired) electrons. The molecule has 3 rings (SSSR count). The number of amides is 2. The Morgan fingerprint density at radius 1 is 1.00 bits per heavy atom. The second-order valence-corrected chi connectivity index (χ2v) is 6.92. The summed E-state index contributed by atoms with van der Waals surface area (Å²) in [5.74, 6) is 0.303. The smallest absolute Gasteiger partial charge is 0.275 e. The van der Waals surface area contributed by atoms with Gasteiger partial charge in [-0.2, -0.15) is 0 Å². The molecule has 0 atom stereocenters. The molecule has 0 saturated carbocycles. The van der Waals surface area contributed by atoms with E-state index in [0.29, 0.717) is 22.2 Å². The zero-order chi connectivity index (χ0) is 20.8. The number of hydrogen-bond donors (Lipinski definition) is 2. The van der Waals surface area contributed by atoms with Crippen LogP contribution in [0.25, 0.3) is 0 Å². The van der Waals surface area contributed by atoms with Gasteiger partial charge in [-0.25, -0.2) is 4.98 Å². The molecule has 0 spiro atoms. The van der Waals surface area contributed by atoms with E-state index in [1.807, 2.05) is 31.2 Å². The summed E-state index contributed by atoms with van der Waals surface area (Å²) in [6.45, 7) is 2.02. The highest BCUT2D eigenvalue weighted by molar-refractivity contribution is 7.14. The van der Waals surface area contributed by atoms with E-state index in [1.165, 1.54) is 25.6 Å². The number of hydrogen-bond acceptors (Lipinski definition) is 6. The van der Waals surface area contributed by atoms with Crippen molar-refractivity contribution in [2.75, 3.05) is 24.9 Å². The highest BCUT2D eigenvalue weighted by Crippen LogP contribution is 2.24. The van der Waals surface area contributed by atoms with E-state index >= 15 is 0 Å². The number of aromatic nitrogens is 1. The standard InChI is InChI=1S/C21H21N3O4S/c1-4-13-7-5-6-8-17(13)22-20(26)18-12-29-21(23-18)24-19(25)14-9-15(27-2)11-16(10-14)28-3/h5-12H,4H2,1-3H3,(H,22,26)(H,23,24,25). The Morgan fingerprint density at radius 2 is 1.69 bits per heavy atom. The quantitative estimate of drug-likeness (QED) is 0.607. The van der Waals surface area contributed by atoms with Gasteiger partial charge in [0.1, 0.15) is 17.2 Å². The van der Waals surface area contributed by atoms with Crippen molar-refractivity contribution < 1.29 is 19.1 Å². The number of nitrogens with one attached hydrogen (secondary N) is 2. The number of thiazole rings is 1. The lowest BCUT2D eigenvalue weighted by Crippen LogP contribution is -2.15. The number of ether oxygens (including phenoxy) is 2. The summed E-state index contributed by atoms with van der Waals surface area (Å²) in [4.78, 5) is 29.3.